The first-order valence-electron chi connectivity index (χ1n) is 7.49. The molecule has 1 aliphatic rings. The van der Waals surface area contributed by atoms with Crippen molar-refractivity contribution in [3.05, 3.63) is 47.5 Å². The largest absolute Gasteiger partial charge is 0.324 e. The molecule has 1 aliphatic carbocycles. The molecule has 4 nitrogen and oxygen atoms in total. The van der Waals surface area contributed by atoms with E-state index in [1.807, 2.05) is 4.68 Å². The first-order valence-corrected chi connectivity index (χ1v) is 7.49. The Kier molecular flexibility index (Phi) is 3.83. The highest BCUT2D eigenvalue weighted by molar-refractivity contribution is 5.32. The van der Waals surface area contributed by atoms with Crippen LogP contribution in [0.15, 0.2) is 30.6 Å². The molecule has 0 bridgehead atoms. The molecule has 0 saturated carbocycles. The third kappa shape index (κ3) is 2.48. The molecule has 106 valence electrons. The molecule has 2 N–H and O–H groups in total. The first-order chi connectivity index (χ1) is 9.79. The van der Waals surface area contributed by atoms with Crippen molar-refractivity contribution in [2.75, 3.05) is 0 Å². The van der Waals surface area contributed by atoms with Gasteiger partial charge in [0.1, 0.15) is 12.2 Å². The molecule has 0 aliphatic heterocycles. The summed E-state index contributed by atoms with van der Waals surface area (Å²) in [6.45, 7) is 3.10. The van der Waals surface area contributed by atoms with Crippen LogP contribution in [0.1, 0.15) is 42.8 Å². The van der Waals surface area contributed by atoms with Crippen LogP contribution < -0.4 is 5.73 Å². The number of benzene rings is 1. The van der Waals surface area contributed by atoms with Gasteiger partial charge in [0, 0.05) is 19.0 Å². The molecule has 0 amide bonds. The van der Waals surface area contributed by atoms with Crippen molar-refractivity contribution < 1.29 is 0 Å². The normalized spacial score (nSPS) is 21.7. The summed E-state index contributed by atoms with van der Waals surface area (Å²) in [4.78, 5) is 4.42. The predicted molar refractivity (Wildman–Crippen MR) is 79.2 cm³/mol. The van der Waals surface area contributed by atoms with Gasteiger partial charge in [0.05, 0.1) is 0 Å². The van der Waals surface area contributed by atoms with Gasteiger partial charge >= 0.3 is 0 Å². The lowest BCUT2D eigenvalue weighted by Crippen LogP contribution is -2.29. The van der Waals surface area contributed by atoms with E-state index in [1.165, 1.54) is 11.1 Å². The molecule has 0 saturated heterocycles. The number of hydrogen-bond donors (Lipinski definition) is 1. The molecule has 4 heteroatoms. The van der Waals surface area contributed by atoms with Crippen LogP contribution in [0.4, 0.5) is 0 Å². The SMILES string of the molecule is CCCn1ncnc1CC1CCc2ccccc2C1N. The van der Waals surface area contributed by atoms with E-state index in [0.29, 0.717) is 5.92 Å². The van der Waals surface area contributed by atoms with Crippen LogP contribution in [0.25, 0.3) is 0 Å². The van der Waals surface area contributed by atoms with Crippen molar-refractivity contribution >= 4 is 0 Å². The minimum atomic E-state index is 0.117. The Morgan fingerprint density at radius 3 is 3.05 bits per heavy atom. The standard InChI is InChI=1S/C16H22N4/c1-2-9-20-15(18-11-19-20)10-13-8-7-12-5-3-4-6-14(12)16(13)17/h3-6,11,13,16H,2,7-10,17H2,1H3. The van der Waals surface area contributed by atoms with Crippen LogP contribution in [-0.4, -0.2) is 14.8 Å². The van der Waals surface area contributed by atoms with E-state index in [0.717, 1.165) is 38.1 Å². The smallest absolute Gasteiger partial charge is 0.138 e. The molecule has 2 atom stereocenters. The minimum absolute atomic E-state index is 0.117. The van der Waals surface area contributed by atoms with Gasteiger partial charge in [-0.2, -0.15) is 5.10 Å². The molecule has 0 fully saturated rings. The summed E-state index contributed by atoms with van der Waals surface area (Å²) in [5.41, 5.74) is 9.19. The molecule has 0 radical (unpaired) electrons. The van der Waals surface area contributed by atoms with Gasteiger partial charge in [-0.3, -0.25) is 4.68 Å². The number of rotatable bonds is 4. The molecule has 20 heavy (non-hydrogen) atoms. The molecule has 0 spiro atoms. The van der Waals surface area contributed by atoms with Crippen molar-refractivity contribution in [2.24, 2.45) is 11.7 Å². The van der Waals surface area contributed by atoms with Gasteiger partial charge in [-0.1, -0.05) is 31.2 Å². The Morgan fingerprint density at radius 2 is 2.20 bits per heavy atom. The van der Waals surface area contributed by atoms with Crippen molar-refractivity contribution in [3.63, 3.8) is 0 Å². The van der Waals surface area contributed by atoms with Crippen LogP contribution in [-0.2, 0) is 19.4 Å². The zero-order chi connectivity index (χ0) is 13.9. The van der Waals surface area contributed by atoms with Crippen LogP contribution in [0.3, 0.4) is 0 Å². The average Bonchev–Trinajstić information content (AvgIpc) is 2.90. The van der Waals surface area contributed by atoms with Gasteiger partial charge in [0.25, 0.3) is 0 Å². The average molecular weight is 270 g/mol. The van der Waals surface area contributed by atoms with Crippen molar-refractivity contribution in [1.82, 2.24) is 14.8 Å². The summed E-state index contributed by atoms with van der Waals surface area (Å²) in [7, 11) is 0. The number of aromatic nitrogens is 3. The van der Waals surface area contributed by atoms with Crippen LogP contribution in [0.2, 0.25) is 0 Å². The van der Waals surface area contributed by atoms with E-state index in [-0.39, 0.29) is 6.04 Å². The maximum absolute atomic E-state index is 6.47. The monoisotopic (exact) mass is 270 g/mol. The molecule has 2 unspecified atom stereocenters. The fourth-order valence-electron chi connectivity index (χ4n) is 3.17. The Balaban J connectivity index is 1.77. The second-order valence-corrected chi connectivity index (χ2v) is 5.63. The summed E-state index contributed by atoms with van der Waals surface area (Å²) in [5, 5.41) is 4.31. The Bertz CT molecular complexity index is 575. The van der Waals surface area contributed by atoms with Crippen LogP contribution >= 0.6 is 0 Å². The zero-order valence-electron chi connectivity index (χ0n) is 12.0. The van der Waals surface area contributed by atoms with Gasteiger partial charge < -0.3 is 5.73 Å². The van der Waals surface area contributed by atoms with Crippen molar-refractivity contribution in [1.29, 1.82) is 0 Å². The van der Waals surface area contributed by atoms with Gasteiger partial charge in [-0.25, -0.2) is 4.98 Å². The van der Waals surface area contributed by atoms with E-state index < -0.39 is 0 Å². The molecule has 1 aromatic carbocycles. The second kappa shape index (κ2) is 5.75. The molecular formula is C16H22N4. The molecule has 1 heterocycles. The van der Waals surface area contributed by atoms with E-state index in [4.69, 9.17) is 5.73 Å². The third-order valence-electron chi connectivity index (χ3n) is 4.28. The zero-order valence-corrected chi connectivity index (χ0v) is 12.0. The molecule has 3 rings (SSSR count). The third-order valence-corrected chi connectivity index (χ3v) is 4.28. The van der Waals surface area contributed by atoms with Gasteiger partial charge in [-0.05, 0) is 36.3 Å². The number of hydrogen-bond acceptors (Lipinski definition) is 3. The predicted octanol–water partition coefficient (Wildman–Crippen LogP) is 2.49. The fourth-order valence-corrected chi connectivity index (χ4v) is 3.17. The van der Waals surface area contributed by atoms with Crippen molar-refractivity contribution in [3.8, 4) is 0 Å². The van der Waals surface area contributed by atoms with E-state index in [9.17, 15) is 0 Å². The topological polar surface area (TPSA) is 56.7 Å². The summed E-state index contributed by atoms with van der Waals surface area (Å²) in [5.74, 6) is 1.54. The Labute approximate surface area is 120 Å². The molecule has 1 aromatic heterocycles. The molecule has 2 aromatic rings. The van der Waals surface area contributed by atoms with Gasteiger partial charge in [0.15, 0.2) is 0 Å². The number of nitrogens with two attached hydrogens (primary N) is 1. The lowest BCUT2D eigenvalue weighted by molar-refractivity contribution is 0.361. The summed E-state index contributed by atoms with van der Waals surface area (Å²) in [6, 6.07) is 8.67. The second-order valence-electron chi connectivity index (χ2n) is 5.63. The summed E-state index contributed by atoms with van der Waals surface area (Å²) in [6.07, 6.45) is 5.92. The number of nitrogens with zero attached hydrogens (tertiary/aromatic N) is 3. The van der Waals surface area contributed by atoms with Gasteiger partial charge in [0.2, 0.25) is 0 Å². The summed E-state index contributed by atoms with van der Waals surface area (Å²) >= 11 is 0. The maximum atomic E-state index is 6.47. The van der Waals surface area contributed by atoms with Crippen LogP contribution in [0, 0.1) is 5.92 Å². The van der Waals surface area contributed by atoms with E-state index >= 15 is 0 Å². The van der Waals surface area contributed by atoms with Crippen molar-refractivity contribution in [2.45, 2.75) is 45.2 Å². The highest BCUT2D eigenvalue weighted by atomic mass is 15.3. The highest BCUT2D eigenvalue weighted by Crippen LogP contribution is 2.34. The van der Waals surface area contributed by atoms with Gasteiger partial charge in [-0.15, -0.1) is 0 Å². The quantitative estimate of drug-likeness (QED) is 0.928. The maximum Gasteiger partial charge on any atom is 0.138 e. The first kappa shape index (κ1) is 13.3. The Morgan fingerprint density at radius 1 is 1.35 bits per heavy atom. The van der Waals surface area contributed by atoms with Crippen LogP contribution in [0.5, 0.6) is 0 Å². The summed E-state index contributed by atoms with van der Waals surface area (Å²) < 4.78 is 2.02. The number of fused-ring (bicyclic) bond motifs is 1. The van der Waals surface area contributed by atoms with E-state index in [2.05, 4.69) is 41.3 Å². The lowest BCUT2D eigenvalue weighted by Gasteiger charge is -2.30. The highest BCUT2D eigenvalue weighted by Gasteiger charge is 2.27. The van der Waals surface area contributed by atoms with E-state index in [1.54, 1.807) is 6.33 Å². The molecular weight excluding hydrogens is 248 g/mol. The number of aryl methyl sites for hydroxylation is 2. The Hall–Kier alpha value is -1.68. The fraction of sp³-hybridized carbons (Fsp3) is 0.500. The lowest BCUT2D eigenvalue weighted by atomic mass is 9.78. The minimum Gasteiger partial charge on any atom is -0.324 e.